The van der Waals surface area contributed by atoms with Crippen LogP contribution in [0.3, 0.4) is 0 Å². The van der Waals surface area contributed by atoms with E-state index in [9.17, 15) is 9.59 Å². The van der Waals surface area contributed by atoms with Gasteiger partial charge in [-0.1, -0.05) is 0 Å². The monoisotopic (exact) mass is 271 g/mol. The van der Waals surface area contributed by atoms with E-state index < -0.39 is 12.0 Å². The van der Waals surface area contributed by atoms with Gasteiger partial charge < -0.3 is 10.4 Å². The van der Waals surface area contributed by atoms with Crippen LogP contribution >= 0.6 is 11.8 Å². The minimum Gasteiger partial charge on any atom is -0.480 e. The number of aliphatic carboxylic acids is 1. The molecule has 18 heavy (non-hydrogen) atoms. The molecule has 0 aliphatic carbocycles. The van der Waals surface area contributed by atoms with Crippen LogP contribution in [0, 0.1) is 0 Å². The molecule has 6 nitrogen and oxygen atoms in total. The number of aryl methyl sites for hydroxylation is 2. The number of hydrogen-bond donors (Lipinski definition) is 2. The van der Waals surface area contributed by atoms with Crippen molar-refractivity contribution in [2.75, 3.05) is 11.5 Å². The Morgan fingerprint density at radius 1 is 1.61 bits per heavy atom. The fraction of sp³-hybridized carbons (Fsp3) is 0.545. The fourth-order valence-corrected chi connectivity index (χ4v) is 2.43. The zero-order valence-electron chi connectivity index (χ0n) is 10.4. The Morgan fingerprint density at radius 2 is 2.33 bits per heavy atom. The van der Waals surface area contributed by atoms with E-state index in [0.29, 0.717) is 5.75 Å². The van der Waals surface area contributed by atoms with Gasteiger partial charge in [0.05, 0.1) is 0 Å². The number of carboxylic acid groups (broad SMARTS) is 1. The second kappa shape index (κ2) is 7.05. The van der Waals surface area contributed by atoms with Crippen molar-refractivity contribution in [3.05, 3.63) is 18.0 Å². The Morgan fingerprint density at radius 3 is 2.83 bits per heavy atom. The van der Waals surface area contributed by atoms with Gasteiger partial charge in [0.2, 0.25) is 5.91 Å². The summed E-state index contributed by atoms with van der Waals surface area (Å²) in [5, 5.41) is 15.4. The number of nitrogens with zero attached hydrogens (tertiary/aromatic N) is 2. The minimum atomic E-state index is -1.00. The third-order valence-electron chi connectivity index (χ3n) is 2.39. The first-order chi connectivity index (χ1) is 8.50. The van der Waals surface area contributed by atoms with Gasteiger partial charge in [-0.15, -0.1) is 0 Å². The minimum absolute atomic E-state index is 0.324. The summed E-state index contributed by atoms with van der Waals surface area (Å²) < 4.78 is 1.79. The smallest absolute Gasteiger partial charge is 0.327 e. The predicted octanol–water partition coefficient (Wildman–Crippen LogP) is 0.285. The lowest BCUT2D eigenvalue weighted by Crippen LogP contribution is -2.41. The van der Waals surface area contributed by atoms with Crippen LogP contribution in [0.15, 0.2) is 12.3 Å². The first-order valence-corrected chi connectivity index (χ1v) is 6.70. The average Bonchev–Trinajstić information content (AvgIpc) is 2.68. The molecule has 1 aromatic heterocycles. The summed E-state index contributed by atoms with van der Waals surface area (Å²) in [4.78, 5) is 21.7. The highest BCUT2D eigenvalue weighted by Gasteiger charge is 2.17. The Bertz CT molecular complexity index is 419. The molecule has 0 bridgehead atoms. The van der Waals surface area contributed by atoms with E-state index in [-0.39, 0.29) is 5.91 Å². The second-order valence-electron chi connectivity index (χ2n) is 3.86. The van der Waals surface area contributed by atoms with Crippen molar-refractivity contribution in [1.29, 1.82) is 0 Å². The molecule has 0 aliphatic heterocycles. The van der Waals surface area contributed by atoms with E-state index in [2.05, 4.69) is 10.4 Å². The molecule has 0 radical (unpaired) electrons. The number of rotatable bonds is 7. The topological polar surface area (TPSA) is 84.2 Å². The van der Waals surface area contributed by atoms with E-state index in [4.69, 9.17) is 5.11 Å². The molecule has 2 N–H and O–H groups in total. The summed E-state index contributed by atoms with van der Waals surface area (Å²) in [6.45, 7) is 1.32. The SMILES string of the molecule is CC(=O)NC(CSCCc1ccnn1C)C(=O)O. The highest BCUT2D eigenvalue weighted by molar-refractivity contribution is 7.99. The van der Waals surface area contributed by atoms with Gasteiger partial charge in [0, 0.05) is 31.6 Å². The van der Waals surface area contributed by atoms with Gasteiger partial charge in [-0.25, -0.2) is 4.79 Å². The van der Waals surface area contributed by atoms with E-state index >= 15 is 0 Å². The Balaban J connectivity index is 2.29. The number of nitrogens with one attached hydrogen (secondary N) is 1. The number of carbonyl (C=O) groups excluding carboxylic acids is 1. The first-order valence-electron chi connectivity index (χ1n) is 5.55. The molecule has 100 valence electrons. The summed E-state index contributed by atoms with van der Waals surface area (Å²) in [7, 11) is 1.87. The fourth-order valence-electron chi connectivity index (χ4n) is 1.44. The maximum Gasteiger partial charge on any atom is 0.327 e. The van der Waals surface area contributed by atoms with Crippen molar-refractivity contribution in [2.45, 2.75) is 19.4 Å². The molecule has 1 aromatic rings. The van der Waals surface area contributed by atoms with Crippen molar-refractivity contribution < 1.29 is 14.7 Å². The summed E-state index contributed by atoms with van der Waals surface area (Å²) >= 11 is 1.50. The highest BCUT2D eigenvalue weighted by Crippen LogP contribution is 2.08. The molecule has 0 fully saturated rings. The van der Waals surface area contributed by atoms with Crippen LogP contribution in [-0.4, -0.2) is 44.3 Å². The second-order valence-corrected chi connectivity index (χ2v) is 5.01. The Hall–Kier alpha value is -1.50. The van der Waals surface area contributed by atoms with Gasteiger partial charge in [-0.05, 0) is 18.2 Å². The summed E-state index contributed by atoms with van der Waals surface area (Å²) in [5.74, 6) is -0.164. The quantitative estimate of drug-likeness (QED) is 0.696. The molecule has 7 heteroatoms. The van der Waals surface area contributed by atoms with Crippen LogP contribution in [0.2, 0.25) is 0 Å². The number of amides is 1. The van der Waals surface area contributed by atoms with E-state index in [0.717, 1.165) is 17.9 Å². The van der Waals surface area contributed by atoms with Crippen LogP contribution in [0.25, 0.3) is 0 Å². The zero-order chi connectivity index (χ0) is 13.5. The molecular weight excluding hydrogens is 254 g/mol. The van der Waals surface area contributed by atoms with E-state index in [1.807, 2.05) is 13.1 Å². The molecule has 0 aromatic carbocycles. The third-order valence-corrected chi connectivity index (χ3v) is 3.45. The van der Waals surface area contributed by atoms with Crippen LogP contribution in [-0.2, 0) is 23.1 Å². The Kier molecular flexibility index (Phi) is 5.70. The predicted molar refractivity (Wildman–Crippen MR) is 69.5 cm³/mol. The number of aromatic nitrogens is 2. The third kappa shape index (κ3) is 4.79. The first kappa shape index (κ1) is 14.6. The van der Waals surface area contributed by atoms with Crippen molar-refractivity contribution in [3.63, 3.8) is 0 Å². The number of thioether (sulfide) groups is 1. The summed E-state index contributed by atoms with van der Waals surface area (Å²) in [6.07, 6.45) is 2.56. The van der Waals surface area contributed by atoms with Crippen LogP contribution in [0.5, 0.6) is 0 Å². The molecule has 0 saturated heterocycles. The highest BCUT2D eigenvalue weighted by atomic mass is 32.2. The van der Waals surface area contributed by atoms with Crippen LogP contribution in [0.1, 0.15) is 12.6 Å². The molecule has 0 saturated carbocycles. The molecule has 1 heterocycles. The van der Waals surface area contributed by atoms with Crippen molar-refractivity contribution in [1.82, 2.24) is 15.1 Å². The molecule has 1 rings (SSSR count). The molecule has 0 aliphatic rings. The summed E-state index contributed by atoms with van der Waals surface area (Å²) in [5.41, 5.74) is 1.11. The van der Waals surface area contributed by atoms with Crippen molar-refractivity contribution >= 4 is 23.6 Å². The molecule has 1 unspecified atom stereocenters. The van der Waals surface area contributed by atoms with Gasteiger partial charge >= 0.3 is 5.97 Å². The maximum atomic E-state index is 10.9. The van der Waals surface area contributed by atoms with Crippen molar-refractivity contribution in [3.8, 4) is 0 Å². The largest absolute Gasteiger partial charge is 0.480 e. The van der Waals surface area contributed by atoms with Gasteiger partial charge in [0.1, 0.15) is 6.04 Å². The molecular formula is C11H17N3O3S. The van der Waals surface area contributed by atoms with E-state index in [1.54, 1.807) is 10.9 Å². The van der Waals surface area contributed by atoms with Gasteiger partial charge in [0.25, 0.3) is 0 Å². The molecule has 0 spiro atoms. The normalized spacial score (nSPS) is 12.1. The average molecular weight is 271 g/mol. The zero-order valence-corrected chi connectivity index (χ0v) is 11.2. The number of carbonyl (C=O) groups is 2. The molecule has 1 amide bonds. The van der Waals surface area contributed by atoms with Crippen molar-refractivity contribution in [2.24, 2.45) is 7.05 Å². The molecule has 1 atom stereocenters. The van der Waals surface area contributed by atoms with Crippen LogP contribution in [0.4, 0.5) is 0 Å². The number of hydrogen-bond acceptors (Lipinski definition) is 4. The standard InChI is InChI=1S/C11H17N3O3S/c1-8(15)13-10(11(16)17)7-18-6-4-9-3-5-12-14(9)2/h3,5,10H,4,6-7H2,1-2H3,(H,13,15)(H,16,17). The summed E-state index contributed by atoms with van der Waals surface area (Å²) in [6, 6.07) is 1.11. The number of carboxylic acids is 1. The Labute approximate surface area is 110 Å². The lowest BCUT2D eigenvalue weighted by Gasteiger charge is -2.12. The van der Waals surface area contributed by atoms with E-state index in [1.165, 1.54) is 18.7 Å². The lowest BCUT2D eigenvalue weighted by molar-refractivity contribution is -0.140. The van der Waals surface area contributed by atoms with Gasteiger partial charge in [-0.3, -0.25) is 9.48 Å². The lowest BCUT2D eigenvalue weighted by atomic mass is 10.3. The van der Waals surface area contributed by atoms with Gasteiger partial charge in [0.15, 0.2) is 0 Å². The van der Waals surface area contributed by atoms with Crippen LogP contribution < -0.4 is 5.32 Å². The van der Waals surface area contributed by atoms with Gasteiger partial charge in [-0.2, -0.15) is 16.9 Å². The maximum absolute atomic E-state index is 10.9.